The van der Waals surface area contributed by atoms with Gasteiger partial charge in [0.25, 0.3) is 0 Å². The second-order valence-electron chi connectivity index (χ2n) is 6.73. The van der Waals surface area contributed by atoms with Gasteiger partial charge in [0.2, 0.25) is 11.8 Å². The van der Waals surface area contributed by atoms with Crippen molar-refractivity contribution in [1.29, 1.82) is 0 Å². The summed E-state index contributed by atoms with van der Waals surface area (Å²) in [7, 11) is 3.62. The van der Waals surface area contributed by atoms with Crippen LogP contribution >= 0.6 is 11.6 Å². The Morgan fingerprint density at radius 1 is 1.38 bits per heavy atom. The molecule has 0 saturated carbocycles. The monoisotopic (exact) mass is 374 g/mol. The smallest absolute Gasteiger partial charge is 0.226 e. The molecule has 6 nitrogen and oxygen atoms in total. The van der Waals surface area contributed by atoms with E-state index in [0.717, 1.165) is 24.0 Å². The van der Waals surface area contributed by atoms with E-state index >= 15 is 0 Å². The van der Waals surface area contributed by atoms with Crippen LogP contribution < -0.4 is 5.32 Å². The van der Waals surface area contributed by atoms with Crippen LogP contribution in [0.15, 0.2) is 36.7 Å². The van der Waals surface area contributed by atoms with Gasteiger partial charge < -0.3 is 10.2 Å². The summed E-state index contributed by atoms with van der Waals surface area (Å²) < 4.78 is 1.77. The number of aromatic nitrogens is 2. The summed E-state index contributed by atoms with van der Waals surface area (Å²) in [4.78, 5) is 26.5. The molecule has 0 bridgehead atoms. The molecule has 1 aromatic heterocycles. The van der Waals surface area contributed by atoms with Crippen molar-refractivity contribution in [1.82, 2.24) is 20.0 Å². The molecule has 1 aromatic carbocycles. The highest BCUT2D eigenvalue weighted by Crippen LogP contribution is 2.37. The van der Waals surface area contributed by atoms with Crippen LogP contribution in [0.3, 0.4) is 0 Å². The van der Waals surface area contributed by atoms with Gasteiger partial charge in [-0.25, -0.2) is 0 Å². The zero-order valence-corrected chi connectivity index (χ0v) is 15.7. The predicted molar refractivity (Wildman–Crippen MR) is 99.6 cm³/mol. The van der Waals surface area contributed by atoms with Crippen LogP contribution in [0.2, 0.25) is 5.02 Å². The number of carbonyl (C=O) groups is 2. The Morgan fingerprint density at radius 3 is 2.88 bits per heavy atom. The third-order valence-corrected chi connectivity index (χ3v) is 5.05. The molecule has 0 spiro atoms. The Balaban J connectivity index is 1.60. The lowest BCUT2D eigenvalue weighted by atomic mass is 9.93. The van der Waals surface area contributed by atoms with Crippen molar-refractivity contribution in [3.8, 4) is 0 Å². The summed E-state index contributed by atoms with van der Waals surface area (Å²) in [5.41, 5.74) is 2.04. The summed E-state index contributed by atoms with van der Waals surface area (Å²) in [6.07, 6.45) is 5.72. The lowest BCUT2D eigenvalue weighted by Crippen LogP contribution is -2.35. The van der Waals surface area contributed by atoms with Crippen molar-refractivity contribution in [2.75, 3.05) is 13.6 Å². The average Bonchev–Trinajstić information content (AvgIpc) is 3.15. The molecule has 2 aromatic rings. The van der Waals surface area contributed by atoms with E-state index in [1.807, 2.05) is 37.6 Å². The number of rotatable bonds is 6. The first-order valence-electron chi connectivity index (χ1n) is 8.72. The van der Waals surface area contributed by atoms with E-state index < -0.39 is 5.92 Å². The molecule has 1 aliphatic heterocycles. The van der Waals surface area contributed by atoms with Gasteiger partial charge >= 0.3 is 0 Å². The minimum atomic E-state index is -0.399. The second-order valence-corrected chi connectivity index (χ2v) is 7.17. The fourth-order valence-corrected chi connectivity index (χ4v) is 3.69. The van der Waals surface area contributed by atoms with Gasteiger partial charge in [0, 0.05) is 38.3 Å². The Hall–Kier alpha value is -2.34. The fraction of sp³-hybridized carbons (Fsp3) is 0.421. The maximum atomic E-state index is 12.7. The molecule has 7 heteroatoms. The molecule has 2 unspecified atom stereocenters. The lowest BCUT2D eigenvalue weighted by molar-refractivity contribution is -0.128. The molecule has 2 atom stereocenters. The highest BCUT2D eigenvalue weighted by molar-refractivity contribution is 6.30. The number of carbonyl (C=O) groups excluding carboxylic acids is 2. The number of benzene rings is 1. The molecule has 1 fully saturated rings. The maximum absolute atomic E-state index is 12.7. The molecule has 26 heavy (non-hydrogen) atoms. The summed E-state index contributed by atoms with van der Waals surface area (Å²) in [6.45, 7) is 0.574. The first-order chi connectivity index (χ1) is 12.5. The molecule has 138 valence electrons. The van der Waals surface area contributed by atoms with Crippen LogP contribution in [0.5, 0.6) is 0 Å². The first-order valence-corrected chi connectivity index (χ1v) is 9.10. The lowest BCUT2D eigenvalue weighted by Gasteiger charge is -2.25. The zero-order chi connectivity index (χ0) is 18.7. The summed E-state index contributed by atoms with van der Waals surface area (Å²) in [6, 6.07) is 7.09. The van der Waals surface area contributed by atoms with E-state index in [1.165, 1.54) is 0 Å². The molecular formula is C19H23ClN4O2. The molecule has 2 amide bonds. The van der Waals surface area contributed by atoms with Gasteiger partial charge in [0.15, 0.2) is 0 Å². The molecule has 0 radical (unpaired) electrons. The van der Waals surface area contributed by atoms with E-state index in [0.29, 0.717) is 11.6 Å². The molecule has 0 aliphatic carbocycles. The van der Waals surface area contributed by atoms with Crippen molar-refractivity contribution < 1.29 is 9.59 Å². The molecule has 1 saturated heterocycles. The Labute approximate surface area is 158 Å². The third-order valence-electron chi connectivity index (χ3n) is 4.81. The minimum Gasteiger partial charge on any atom is -0.356 e. The van der Waals surface area contributed by atoms with Crippen molar-refractivity contribution >= 4 is 23.4 Å². The second kappa shape index (κ2) is 7.91. The maximum Gasteiger partial charge on any atom is 0.226 e. The number of halogens is 1. The Bertz CT molecular complexity index is 804. The molecule has 1 aliphatic rings. The third kappa shape index (κ3) is 4.07. The Morgan fingerprint density at radius 2 is 2.19 bits per heavy atom. The SMILES string of the molecule is CN1C(=O)CC(C(=O)NCCCc2cnn(C)c2)C1c1cccc(Cl)c1. The van der Waals surface area contributed by atoms with Gasteiger partial charge in [-0.15, -0.1) is 0 Å². The van der Waals surface area contributed by atoms with E-state index in [1.54, 1.807) is 22.7 Å². The van der Waals surface area contributed by atoms with Crippen molar-refractivity contribution in [2.24, 2.45) is 13.0 Å². The first kappa shape index (κ1) is 18.5. The number of amides is 2. The van der Waals surface area contributed by atoms with Crippen molar-refractivity contribution in [2.45, 2.75) is 25.3 Å². The highest BCUT2D eigenvalue weighted by Gasteiger charge is 2.42. The van der Waals surface area contributed by atoms with E-state index in [9.17, 15) is 9.59 Å². The van der Waals surface area contributed by atoms with Gasteiger partial charge in [0.1, 0.15) is 0 Å². The van der Waals surface area contributed by atoms with Gasteiger partial charge in [-0.1, -0.05) is 23.7 Å². The normalized spacial score (nSPS) is 19.8. The van der Waals surface area contributed by atoms with Crippen LogP contribution in [0.4, 0.5) is 0 Å². The number of aryl methyl sites for hydroxylation is 2. The van der Waals surface area contributed by atoms with Crippen LogP contribution in [-0.2, 0) is 23.1 Å². The fourth-order valence-electron chi connectivity index (χ4n) is 3.49. The predicted octanol–water partition coefficient (Wildman–Crippen LogP) is 2.34. The van der Waals surface area contributed by atoms with Crippen LogP contribution in [0.25, 0.3) is 0 Å². The molecule has 1 N–H and O–H groups in total. The number of hydrogen-bond acceptors (Lipinski definition) is 3. The summed E-state index contributed by atoms with van der Waals surface area (Å²) in [5.74, 6) is -0.506. The highest BCUT2D eigenvalue weighted by atomic mass is 35.5. The quantitative estimate of drug-likeness (QED) is 0.789. The molecule has 3 rings (SSSR count). The van der Waals surface area contributed by atoms with Gasteiger partial charge in [0.05, 0.1) is 18.2 Å². The zero-order valence-electron chi connectivity index (χ0n) is 15.0. The number of nitrogens with one attached hydrogen (secondary N) is 1. The van der Waals surface area contributed by atoms with Gasteiger partial charge in [-0.2, -0.15) is 5.10 Å². The number of hydrogen-bond donors (Lipinski definition) is 1. The van der Waals surface area contributed by atoms with Crippen LogP contribution in [-0.4, -0.2) is 40.1 Å². The number of likely N-dealkylation sites (tertiary alicyclic amines) is 1. The molecule has 2 heterocycles. The van der Waals surface area contributed by atoms with Crippen molar-refractivity contribution in [3.05, 3.63) is 52.8 Å². The van der Waals surface area contributed by atoms with Crippen LogP contribution in [0.1, 0.15) is 30.0 Å². The van der Waals surface area contributed by atoms with Crippen LogP contribution in [0, 0.1) is 5.92 Å². The van der Waals surface area contributed by atoms with Gasteiger partial charge in [-0.3, -0.25) is 14.3 Å². The molecular weight excluding hydrogens is 352 g/mol. The topological polar surface area (TPSA) is 67.2 Å². The Kier molecular flexibility index (Phi) is 5.61. The van der Waals surface area contributed by atoms with E-state index in [4.69, 9.17) is 11.6 Å². The summed E-state index contributed by atoms with van der Waals surface area (Å²) in [5, 5.41) is 7.72. The minimum absolute atomic E-state index is 0.0227. The van der Waals surface area contributed by atoms with Gasteiger partial charge in [-0.05, 0) is 36.1 Å². The number of nitrogens with zero attached hydrogens (tertiary/aromatic N) is 3. The van der Waals surface area contributed by atoms with E-state index in [2.05, 4.69) is 10.4 Å². The van der Waals surface area contributed by atoms with Crippen molar-refractivity contribution in [3.63, 3.8) is 0 Å². The standard InChI is InChI=1S/C19H23ClN4O2/c1-23-12-13(11-22-23)5-4-8-21-19(26)16-10-17(25)24(2)18(16)14-6-3-7-15(20)9-14/h3,6-7,9,11-12,16,18H,4-5,8,10H2,1-2H3,(H,21,26). The summed E-state index contributed by atoms with van der Waals surface area (Å²) >= 11 is 6.09. The average molecular weight is 375 g/mol. The van der Waals surface area contributed by atoms with E-state index in [-0.39, 0.29) is 24.3 Å². The largest absolute Gasteiger partial charge is 0.356 e.